The lowest BCUT2D eigenvalue weighted by Crippen LogP contribution is -2.17. The van der Waals surface area contributed by atoms with Gasteiger partial charge in [-0.3, -0.25) is 4.98 Å². The zero-order chi connectivity index (χ0) is 11.0. The zero-order valence-corrected chi connectivity index (χ0v) is 10.1. The van der Waals surface area contributed by atoms with Crippen molar-refractivity contribution in [2.75, 3.05) is 6.54 Å². The molecule has 2 heteroatoms. The third kappa shape index (κ3) is 1.78. The van der Waals surface area contributed by atoms with Gasteiger partial charge in [0.2, 0.25) is 0 Å². The first kappa shape index (κ1) is 10.6. The predicted octanol–water partition coefficient (Wildman–Crippen LogP) is 2.74. The quantitative estimate of drug-likeness (QED) is 0.761. The Labute approximate surface area is 92.1 Å². The molecule has 0 amide bonds. The first-order chi connectivity index (χ1) is 7.11. The minimum absolute atomic E-state index is 0.539. The molecule has 0 bridgehead atoms. The first-order valence-electron chi connectivity index (χ1n) is 5.79. The second-order valence-electron chi connectivity index (χ2n) is 4.60. The van der Waals surface area contributed by atoms with Crippen LogP contribution in [-0.2, 0) is 0 Å². The molecule has 1 unspecified atom stereocenters. The summed E-state index contributed by atoms with van der Waals surface area (Å²) < 4.78 is 0. The summed E-state index contributed by atoms with van der Waals surface area (Å²) in [7, 11) is 0. The Morgan fingerprint density at radius 2 is 1.80 bits per heavy atom. The van der Waals surface area contributed by atoms with Gasteiger partial charge in [-0.25, -0.2) is 0 Å². The fourth-order valence-electron chi connectivity index (χ4n) is 2.58. The molecule has 0 saturated carbocycles. The molecule has 1 saturated heterocycles. The van der Waals surface area contributed by atoms with Crippen LogP contribution < -0.4 is 5.32 Å². The SMILES string of the molecule is Cc1nc(C)c(C2CCCN2)c(C)c1C. The highest BCUT2D eigenvalue weighted by molar-refractivity contribution is 5.40. The van der Waals surface area contributed by atoms with Gasteiger partial charge in [-0.2, -0.15) is 0 Å². The molecular weight excluding hydrogens is 184 g/mol. The van der Waals surface area contributed by atoms with Gasteiger partial charge in [-0.1, -0.05) is 0 Å². The fourth-order valence-corrected chi connectivity index (χ4v) is 2.58. The number of aryl methyl sites for hydroxylation is 2. The lowest BCUT2D eigenvalue weighted by molar-refractivity contribution is 0.633. The van der Waals surface area contributed by atoms with Crippen molar-refractivity contribution in [2.24, 2.45) is 0 Å². The summed E-state index contributed by atoms with van der Waals surface area (Å²) in [5, 5.41) is 3.56. The van der Waals surface area contributed by atoms with E-state index in [0.29, 0.717) is 6.04 Å². The second-order valence-corrected chi connectivity index (χ2v) is 4.60. The third-order valence-corrected chi connectivity index (χ3v) is 3.64. The normalized spacial score (nSPS) is 20.9. The van der Waals surface area contributed by atoms with Crippen LogP contribution in [-0.4, -0.2) is 11.5 Å². The molecule has 1 atom stereocenters. The molecule has 1 aromatic heterocycles. The molecule has 0 spiro atoms. The van der Waals surface area contributed by atoms with E-state index in [4.69, 9.17) is 0 Å². The van der Waals surface area contributed by atoms with Crippen LogP contribution in [0.4, 0.5) is 0 Å². The Hall–Kier alpha value is -0.890. The van der Waals surface area contributed by atoms with E-state index in [2.05, 4.69) is 38.0 Å². The molecule has 1 aromatic rings. The number of rotatable bonds is 1. The van der Waals surface area contributed by atoms with Crippen LogP contribution in [0.5, 0.6) is 0 Å². The standard InChI is InChI=1S/C13H20N2/c1-8-9(2)13(11(4)15-10(8)3)12-6-5-7-14-12/h12,14H,5-7H2,1-4H3. The van der Waals surface area contributed by atoms with Crippen molar-refractivity contribution in [2.45, 2.75) is 46.6 Å². The molecule has 1 aliphatic heterocycles. The molecule has 2 heterocycles. The highest BCUT2D eigenvalue weighted by Gasteiger charge is 2.21. The van der Waals surface area contributed by atoms with E-state index >= 15 is 0 Å². The van der Waals surface area contributed by atoms with Crippen molar-refractivity contribution < 1.29 is 0 Å². The van der Waals surface area contributed by atoms with E-state index in [1.807, 2.05) is 0 Å². The molecule has 2 nitrogen and oxygen atoms in total. The lowest BCUT2D eigenvalue weighted by atomic mass is 9.94. The Bertz CT molecular complexity index is 377. The van der Waals surface area contributed by atoms with Crippen LogP contribution >= 0.6 is 0 Å². The Balaban J connectivity index is 2.50. The third-order valence-electron chi connectivity index (χ3n) is 3.64. The lowest BCUT2D eigenvalue weighted by Gasteiger charge is -2.19. The second kappa shape index (κ2) is 3.93. The maximum Gasteiger partial charge on any atom is 0.0426 e. The van der Waals surface area contributed by atoms with Gasteiger partial charge in [0.1, 0.15) is 0 Å². The smallest absolute Gasteiger partial charge is 0.0426 e. The number of aromatic nitrogens is 1. The summed E-state index contributed by atoms with van der Waals surface area (Å²) in [5.41, 5.74) is 6.60. The van der Waals surface area contributed by atoms with Crippen molar-refractivity contribution >= 4 is 0 Å². The van der Waals surface area contributed by atoms with E-state index < -0.39 is 0 Å². The van der Waals surface area contributed by atoms with Crippen molar-refractivity contribution in [1.82, 2.24) is 10.3 Å². The van der Waals surface area contributed by atoms with Gasteiger partial charge in [0.25, 0.3) is 0 Å². The predicted molar refractivity (Wildman–Crippen MR) is 63.2 cm³/mol. The Morgan fingerprint density at radius 3 is 2.40 bits per heavy atom. The number of nitrogens with one attached hydrogen (secondary N) is 1. The van der Waals surface area contributed by atoms with Crippen LogP contribution in [0.1, 0.15) is 47.0 Å². The summed E-state index contributed by atoms with van der Waals surface area (Å²) in [6.07, 6.45) is 2.54. The largest absolute Gasteiger partial charge is 0.310 e. The van der Waals surface area contributed by atoms with Gasteiger partial charge in [0.05, 0.1) is 0 Å². The Morgan fingerprint density at radius 1 is 1.07 bits per heavy atom. The van der Waals surface area contributed by atoms with Crippen LogP contribution in [0.3, 0.4) is 0 Å². The van der Waals surface area contributed by atoms with Crippen LogP contribution in [0, 0.1) is 27.7 Å². The van der Waals surface area contributed by atoms with Gasteiger partial charge in [0, 0.05) is 17.4 Å². The summed E-state index contributed by atoms with van der Waals surface area (Å²) in [5.74, 6) is 0. The summed E-state index contributed by atoms with van der Waals surface area (Å²) in [6, 6.07) is 0.539. The molecule has 2 rings (SSSR count). The summed E-state index contributed by atoms with van der Waals surface area (Å²) >= 11 is 0. The molecule has 0 aromatic carbocycles. The van der Waals surface area contributed by atoms with Crippen LogP contribution in [0.15, 0.2) is 0 Å². The topological polar surface area (TPSA) is 24.9 Å². The highest BCUT2D eigenvalue weighted by atomic mass is 14.9. The Kier molecular flexibility index (Phi) is 2.79. The highest BCUT2D eigenvalue weighted by Crippen LogP contribution is 2.30. The van der Waals surface area contributed by atoms with Crippen molar-refractivity contribution in [3.63, 3.8) is 0 Å². The van der Waals surface area contributed by atoms with Gasteiger partial charge < -0.3 is 5.32 Å². The van der Waals surface area contributed by atoms with E-state index in [9.17, 15) is 0 Å². The molecule has 82 valence electrons. The fraction of sp³-hybridized carbons (Fsp3) is 0.615. The number of pyridine rings is 1. The zero-order valence-electron chi connectivity index (χ0n) is 10.1. The number of nitrogens with zero attached hydrogens (tertiary/aromatic N) is 1. The van der Waals surface area contributed by atoms with Crippen molar-refractivity contribution in [3.8, 4) is 0 Å². The van der Waals surface area contributed by atoms with Crippen molar-refractivity contribution in [3.05, 3.63) is 28.1 Å². The van der Waals surface area contributed by atoms with Gasteiger partial charge in [-0.15, -0.1) is 0 Å². The molecular formula is C13H20N2. The monoisotopic (exact) mass is 204 g/mol. The molecule has 0 radical (unpaired) electrons. The summed E-state index contributed by atoms with van der Waals surface area (Å²) in [6.45, 7) is 9.79. The van der Waals surface area contributed by atoms with Crippen molar-refractivity contribution in [1.29, 1.82) is 0 Å². The van der Waals surface area contributed by atoms with E-state index in [1.54, 1.807) is 0 Å². The molecule has 1 N–H and O–H groups in total. The van der Waals surface area contributed by atoms with Crippen LogP contribution in [0.25, 0.3) is 0 Å². The molecule has 1 aliphatic rings. The van der Waals surface area contributed by atoms with Gasteiger partial charge >= 0.3 is 0 Å². The average molecular weight is 204 g/mol. The van der Waals surface area contributed by atoms with E-state index in [-0.39, 0.29) is 0 Å². The van der Waals surface area contributed by atoms with E-state index in [1.165, 1.54) is 40.9 Å². The summed E-state index contributed by atoms with van der Waals surface area (Å²) in [4.78, 5) is 4.64. The first-order valence-corrected chi connectivity index (χ1v) is 5.79. The number of hydrogen-bond acceptors (Lipinski definition) is 2. The minimum Gasteiger partial charge on any atom is -0.310 e. The molecule has 0 aliphatic carbocycles. The molecule has 1 fully saturated rings. The van der Waals surface area contributed by atoms with E-state index in [0.717, 1.165) is 6.54 Å². The number of hydrogen-bond donors (Lipinski definition) is 1. The van der Waals surface area contributed by atoms with Crippen LogP contribution in [0.2, 0.25) is 0 Å². The molecule has 15 heavy (non-hydrogen) atoms. The maximum atomic E-state index is 4.64. The maximum absolute atomic E-state index is 4.64. The minimum atomic E-state index is 0.539. The average Bonchev–Trinajstić information content (AvgIpc) is 2.68. The van der Waals surface area contributed by atoms with Gasteiger partial charge in [-0.05, 0) is 63.8 Å². The van der Waals surface area contributed by atoms with Gasteiger partial charge in [0.15, 0.2) is 0 Å².